The summed E-state index contributed by atoms with van der Waals surface area (Å²) in [6, 6.07) is 21.5. The van der Waals surface area contributed by atoms with Crippen molar-refractivity contribution >= 4 is 27.5 Å². The zero-order chi connectivity index (χ0) is 30.0. The zero-order valence-corrected chi connectivity index (χ0v) is 25.4. The highest BCUT2D eigenvalue weighted by Gasteiger charge is 2.34. The van der Waals surface area contributed by atoms with Crippen molar-refractivity contribution in [2.24, 2.45) is 0 Å². The molecule has 1 N–H and O–H groups in total. The number of ether oxygens (including phenoxy) is 1. The molecule has 220 valence electrons. The number of nitrogens with one attached hydrogen (secondary N) is 1. The largest absolute Gasteiger partial charge is 0.494 e. The minimum atomic E-state index is -4.12. The Bertz CT molecular complexity index is 1380. The first kappa shape index (κ1) is 31.7. The van der Waals surface area contributed by atoms with Crippen LogP contribution in [0.25, 0.3) is 0 Å². The van der Waals surface area contributed by atoms with Gasteiger partial charge in [-0.1, -0.05) is 61.9 Å². The van der Waals surface area contributed by atoms with Crippen molar-refractivity contribution in [3.63, 3.8) is 0 Å². The molecule has 0 aromatic heterocycles. The average molecular weight is 580 g/mol. The van der Waals surface area contributed by atoms with Crippen LogP contribution in [0.1, 0.15) is 51.7 Å². The fourth-order valence-electron chi connectivity index (χ4n) is 4.37. The number of carbonyl (C=O) groups excluding carboxylic acids is 2. The number of benzene rings is 3. The van der Waals surface area contributed by atoms with Crippen LogP contribution in [0.2, 0.25) is 0 Å². The molecule has 8 nitrogen and oxygen atoms in total. The van der Waals surface area contributed by atoms with Crippen LogP contribution >= 0.6 is 0 Å². The van der Waals surface area contributed by atoms with E-state index in [2.05, 4.69) is 5.32 Å². The SMILES string of the molecule is CCOc1ccc(N(CC(=O)N(Cc2ccc(C)cc2)[C@H](CC)C(=O)N[C@@H](C)CC)S(=O)(=O)c2ccccc2)cc1. The van der Waals surface area contributed by atoms with Crippen molar-refractivity contribution in [1.82, 2.24) is 10.2 Å². The number of nitrogens with zero attached hydrogens (tertiary/aromatic N) is 2. The monoisotopic (exact) mass is 579 g/mol. The maximum Gasteiger partial charge on any atom is 0.264 e. The van der Waals surface area contributed by atoms with Crippen LogP contribution in [0.3, 0.4) is 0 Å². The molecule has 2 amide bonds. The number of anilines is 1. The van der Waals surface area contributed by atoms with E-state index in [1.807, 2.05) is 58.9 Å². The summed E-state index contributed by atoms with van der Waals surface area (Å²) in [6.07, 6.45) is 1.11. The van der Waals surface area contributed by atoms with E-state index in [-0.39, 0.29) is 23.4 Å². The predicted molar refractivity (Wildman–Crippen MR) is 162 cm³/mol. The Morgan fingerprint density at radius 1 is 0.878 bits per heavy atom. The van der Waals surface area contributed by atoms with E-state index in [0.29, 0.717) is 24.5 Å². The molecule has 0 bridgehead atoms. The van der Waals surface area contributed by atoms with Gasteiger partial charge in [-0.2, -0.15) is 0 Å². The van der Waals surface area contributed by atoms with Gasteiger partial charge < -0.3 is 15.0 Å². The first-order valence-corrected chi connectivity index (χ1v) is 15.5. The molecule has 0 radical (unpaired) electrons. The summed E-state index contributed by atoms with van der Waals surface area (Å²) in [5.74, 6) is -0.153. The van der Waals surface area contributed by atoms with Crippen LogP contribution < -0.4 is 14.4 Å². The molecule has 0 heterocycles. The predicted octanol–water partition coefficient (Wildman–Crippen LogP) is 5.31. The fraction of sp³-hybridized carbons (Fsp3) is 0.375. The Balaban J connectivity index is 2.04. The molecule has 3 aromatic rings. The van der Waals surface area contributed by atoms with Crippen molar-refractivity contribution in [3.05, 3.63) is 90.0 Å². The summed E-state index contributed by atoms with van der Waals surface area (Å²) >= 11 is 0. The highest BCUT2D eigenvalue weighted by atomic mass is 32.2. The molecule has 0 aliphatic heterocycles. The van der Waals surface area contributed by atoms with Gasteiger partial charge in [-0.05, 0) is 75.6 Å². The van der Waals surface area contributed by atoms with Crippen LogP contribution in [0.15, 0.2) is 83.8 Å². The molecule has 3 rings (SSSR count). The summed E-state index contributed by atoms with van der Waals surface area (Å²) in [6.45, 7) is 9.72. The lowest BCUT2D eigenvalue weighted by Gasteiger charge is -2.33. The maximum absolute atomic E-state index is 14.1. The summed E-state index contributed by atoms with van der Waals surface area (Å²) in [7, 11) is -4.12. The second-order valence-electron chi connectivity index (χ2n) is 10.0. The maximum atomic E-state index is 14.1. The summed E-state index contributed by atoms with van der Waals surface area (Å²) in [4.78, 5) is 29.0. The van der Waals surface area contributed by atoms with Crippen LogP contribution in [0.4, 0.5) is 5.69 Å². The van der Waals surface area contributed by atoms with Gasteiger partial charge in [0.1, 0.15) is 18.3 Å². The van der Waals surface area contributed by atoms with E-state index >= 15 is 0 Å². The van der Waals surface area contributed by atoms with E-state index in [1.165, 1.54) is 17.0 Å². The Kier molecular flexibility index (Phi) is 11.3. The molecule has 0 saturated carbocycles. The Morgan fingerprint density at radius 3 is 2.07 bits per heavy atom. The number of carbonyl (C=O) groups is 2. The number of aryl methyl sites for hydroxylation is 1. The molecule has 0 aliphatic carbocycles. The van der Waals surface area contributed by atoms with E-state index in [9.17, 15) is 18.0 Å². The van der Waals surface area contributed by atoms with Crippen molar-refractivity contribution in [1.29, 1.82) is 0 Å². The first-order valence-electron chi connectivity index (χ1n) is 14.1. The quantitative estimate of drug-likeness (QED) is 0.279. The van der Waals surface area contributed by atoms with Gasteiger partial charge in [0.15, 0.2) is 0 Å². The Morgan fingerprint density at radius 2 is 1.51 bits per heavy atom. The molecule has 9 heteroatoms. The summed E-state index contributed by atoms with van der Waals surface area (Å²) in [5, 5.41) is 2.99. The van der Waals surface area contributed by atoms with Crippen LogP contribution in [0.5, 0.6) is 5.75 Å². The van der Waals surface area contributed by atoms with Gasteiger partial charge in [0, 0.05) is 12.6 Å². The highest BCUT2D eigenvalue weighted by Crippen LogP contribution is 2.27. The van der Waals surface area contributed by atoms with Gasteiger partial charge in [0.2, 0.25) is 11.8 Å². The topological polar surface area (TPSA) is 96.0 Å². The van der Waals surface area contributed by atoms with E-state index in [0.717, 1.165) is 21.9 Å². The molecule has 41 heavy (non-hydrogen) atoms. The molecule has 0 unspecified atom stereocenters. The third-order valence-corrected chi connectivity index (χ3v) is 8.69. The van der Waals surface area contributed by atoms with E-state index in [4.69, 9.17) is 4.74 Å². The zero-order valence-electron chi connectivity index (χ0n) is 24.5. The van der Waals surface area contributed by atoms with Crippen molar-refractivity contribution in [3.8, 4) is 5.75 Å². The van der Waals surface area contributed by atoms with Gasteiger partial charge >= 0.3 is 0 Å². The third-order valence-electron chi connectivity index (χ3n) is 6.91. The second kappa shape index (κ2) is 14.7. The normalized spacial score (nSPS) is 12.7. The number of amides is 2. The van der Waals surface area contributed by atoms with Gasteiger partial charge in [0.05, 0.1) is 17.2 Å². The number of rotatable bonds is 14. The van der Waals surface area contributed by atoms with Crippen LogP contribution in [-0.4, -0.2) is 50.4 Å². The Hall–Kier alpha value is -3.85. The Labute approximate surface area is 244 Å². The lowest BCUT2D eigenvalue weighted by atomic mass is 10.1. The lowest BCUT2D eigenvalue weighted by Crippen LogP contribution is -2.53. The first-order chi connectivity index (χ1) is 19.6. The smallest absolute Gasteiger partial charge is 0.264 e. The van der Waals surface area contributed by atoms with Crippen LogP contribution in [0, 0.1) is 6.92 Å². The minimum Gasteiger partial charge on any atom is -0.494 e. The third kappa shape index (κ3) is 8.33. The second-order valence-corrected chi connectivity index (χ2v) is 11.9. The van der Waals surface area contributed by atoms with E-state index in [1.54, 1.807) is 42.5 Å². The molecule has 0 fully saturated rings. The van der Waals surface area contributed by atoms with Gasteiger partial charge in [-0.15, -0.1) is 0 Å². The lowest BCUT2D eigenvalue weighted by molar-refractivity contribution is -0.140. The fourth-order valence-corrected chi connectivity index (χ4v) is 5.81. The molecule has 3 aromatic carbocycles. The minimum absolute atomic E-state index is 0.0633. The van der Waals surface area contributed by atoms with Crippen molar-refractivity contribution in [2.45, 2.75) is 71.0 Å². The summed E-state index contributed by atoms with van der Waals surface area (Å²) in [5.41, 5.74) is 2.24. The molecule has 0 aliphatic rings. The van der Waals surface area contributed by atoms with Crippen molar-refractivity contribution in [2.75, 3.05) is 17.5 Å². The van der Waals surface area contributed by atoms with E-state index < -0.39 is 28.5 Å². The van der Waals surface area contributed by atoms with Crippen LogP contribution in [-0.2, 0) is 26.2 Å². The molecular weight excluding hydrogens is 538 g/mol. The highest BCUT2D eigenvalue weighted by molar-refractivity contribution is 7.92. The molecular formula is C32H41N3O5S. The standard InChI is InChI=1S/C32H41N3O5S/c1-6-25(5)33-32(37)30(7-2)34(22-26-16-14-24(4)15-17-26)31(36)23-35(27-18-20-28(21-19-27)40-8-3)41(38,39)29-12-10-9-11-13-29/h9-21,25,30H,6-8,22-23H2,1-5H3,(H,33,37)/t25-,30+/m0/s1. The molecule has 0 spiro atoms. The van der Waals surface area contributed by atoms with Gasteiger partial charge in [-0.3, -0.25) is 13.9 Å². The molecule has 2 atom stereocenters. The van der Waals surface area contributed by atoms with Crippen molar-refractivity contribution < 1.29 is 22.7 Å². The number of hydrogen-bond donors (Lipinski definition) is 1. The molecule has 0 saturated heterocycles. The average Bonchev–Trinajstić information content (AvgIpc) is 2.97. The number of sulfonamides is 1. The summed E-state index contributed by atoms with van der Waals surface area (Å²) < 4.78 is 34.4. The van der Waals surface area contributed by atoms with Gasteiger partial charge in [-0.25, -0.2) is 8.42 Å². The number of hydrogen-bond acceptors (Lipinski definition) is 5. The van der Waals surface area contributed by atoms with Gasteiger partial charge in [0.25, 0.3) is 10.0 Å².